The highest BCUT2D eigenvalue weighted by atomic mass is 16.1. The molecule has 2 atom stereocenters. The molecular weight excluding hydrogens is 262 g/mol. The van der Waals surface area contributed by atoms with Gasteiger partial charge in [0, 0.05) is 32.1 Å². The average molecular weight is 287 g/mol. The second-order valence-electron chi connectivity index (χ2n) is 6.23. The summed E-state index contributed by atoms with van der Waals surface area (Å²) in [5.41, 5.74) is 6.72. The summed E-state index contributed by atoms with van der Waals surface area (Å²) in [6, 6.07) is 10.5. The fourth-order valence-corrected chi connectivity index (χ4v) is 4.18. The van der Waals surface area contributed by atoms with E-state index in [1.807, 2.05) is 6.07 Å². The summed E-state index contributed by atoms with van der Waals surface area (Å²) in [4.78, 5) is 14.9. The van der Waals surface area contributed by atoms with Gasteiger partial charge in [0.15, 0.2) is 0 Å². The van der Waals surface area contributed by atoms with Gasteiger partial charge in [-0.05, 0) is 18.4 Å². The maximum Gasteiger partial charge on any atom is 0.238 e. The fraction of sp³-hybridized carbons (Fsp3) is 0.588. The zero-order valence-corrected chi connectivity index (χ0v) is 12.6. The van der Waals surface area contributed by atoms with Crippen molar-refractivity contribution < 1.29 is 4.79 Å². The molecule has 114 valence electrons. The van der Waals surface area contributed by atoms with Gasteiger partial charge in [0.1, 0.15) is 5.54 Å². The van der Waals surface area contributed by atoms with Crippen molar-refractivity contribution >= 4 is 5.91 Å². The number of rotatable bonds is 3. The first-order chi connectivity index (χ1) is 10.2. The van der Waals surface area contributed by atoms with Crippen LogP contribution < -0.4 is 11.1 Å². The van der Waals surface area contributed by atoms with Crippen LogP contribution in [0.25, 0.3) is 0 Å². The first kappa shape index (κ1) is 14.5. The maximum absolute atomic E-state index is 12.5. The van der Waals surface area contributed by atoms with Gasteiger partial charge in [-0.3, -0.25) is 9.69 Å². The van der Waals surface area contributed by atoms with Gasteiger partial charge < -0.3 is 11.1 Å². The lowest BCUT2D eigenvalue weighted by atomic mass is 9.68. The molecule has 4 heteroatoms. The quantitative estimate of drug-likeness (QED) is 0.885. The van der Waals surface area contributed by atoms with Crippen LogP contribution in [-0.4, -0.2) is 42.5 Å². The molecule has 4 nitrogen and oxygen atoms in total. The van der Waals surface area contributed by atoms with E-state index < -0.39 is 5.54 Å². The molecule has 1 aliphatic heterocycles. The maximum atomic E-state index is 12.5. The highest BCUT2D eigenvalue weighted by molar-refractivity contribution is 5.86. The zero-order chi connectivity index (χ0) is 14.7. The van der Waals surface area contributed by atoms with E-state index in [2.05, 4.69) is 34.5 Å². The molecule has 3 rings (SSSR count). The lowest BCUT2D eigenvalue weighted by Gasteiger charge is -2.50. The van der Waals surface area contributed by atoms with Crippen molar-refractivity contribution in [3.63, 3.8) is 0 Å². The molecule has 0 spiro atoms. The van der Waals surface area contributed by atoms with E-state index in [4.69, 9.17) is 5.73 Å². The van der Waals surface area contributed by atoms with E-state index >= 15 is 0 Å². The smallest absolute Gasteiger partial charge is 0.238 e. The predicted molar refractivity (Wildman–Crippen MR) is 84.0 cm³/mol. The van der Waals surface area contributed by atoms with Crippen LogP contribution in [0.2, 0.25) is 0 Å². The minimum absolute atomic E-state index is 0.141. The van der Waals surface area contributed by atoms with Crippen LogP contribution in [0.15, 0.2) is 30.3 Å². The van der Waals surface area contributed by atoms with E-state index in [0.29, 0.717) is 0 Å². The summed E-state index contributed by atoms with van der Waals surface area (Å²) in [6.07, 6.45) is 4.22. The fourth-order valence-electron chi connectivity index (χ4n) is 4.18. The summed E-state index contributed by atoms with van der Waals surface area (Å²) in [7, 11) is 0. The Labute approximate surface area is 126 Å². The highest BCUT2D eigenvalue weighted by Gasteiger charge is 2.50. The van der Waals surface area contributed by atoms with Crippen LogP contribution >= 0.6 is 0 Å². The molecule has 3 N–H and O–H groups in total. The van der Waals surface area contributed by atoms with Gasteiger partial charge in [0.2, 0.25) is 5.91 Å². The molecule has 2 unspecified atom stereocenters. The minimum atomic E-state index is -0.498. The third kappa shape index (κ3) is 2.58. The van der Waals surface area contributed by atoms with Gasteiger partial charge >= 0.3 is 0 Å². The molecule has 1 saturated carbocycles. The molecule has 0 radical (unpaired) electrons. The second-order valence-corrected chi connectivity index (χ2v) is 6.23. The highest BCUT2D eigenvalue weighted by Crippen LogP contribution is 2.44. The first-order valence-electron chi connectivity index (χ1n) is 8.06. The van der Waals surface area contributed by atoms with Crippen LogP contribution in [0.3, 0.4) is 0 Å². The van der Waals surface area contributed by atoms with E-state index in [0.717, 1.165) is 45.4 Å². The predicted octanol–water partition coefficient (Wildman–Crippen LogP) is 1.47. The Morgan fingerprint density at radius 1 is 1.19 bits per heavy atom. The summed E-state index contributed by atoms with van der Waals surface area (Å²) in [5, 5.41) is 3.37. The number of nitrogens with two attached hydrogens (primary N) is 1. The topological polar surface area (TPSA) is 58.4 Å². The van der Waals surface area contributed by atoms with Gasteiger partial charge in [0.25, 0.3) is 0 Å². The Balaban J connectivity index is 2.00. The molecule has 2 fully saturated rings. The zero-order valence-electron chi connectivity index (χ0n) is 12.6. The minimum Gasteiger partial charge on any atom is -0.368 e. The average Bonchev–Trinajstić information content (AvgIpc) is 2.56. The molecule has 1 aromatic carbocycles. The molecule has 1 aromatic rings. The summed E-state index contributed by atoms with van der Waals surface area (Å²) in [5.74, 6) is 0.0843. The molecule has 1 amide bonds. The van der Waals surface area contributed by atoms with E-state index in [-0.39, 0.29) is 11.8 Å². The number of hydrogen-bond acceptors (Lipinski definition) is 3. The van der Waals surface area contributed by atoms with Crippen molar-refractivity contribution in [3.05, 3.63) is 35.9 Å². The lowest BCUT2D eigenvalue weighted by Crippen LogP contribution is -2.65. The van der Waals surface area contributed by atoms with Crippen molar-refractivity contribution in [2.45, 2.75) is 37.1 Å². The number of primary amides is 1. The Morgan fingerprint density at radius 3 is 2.57 bits per heavy atom. The van der Waals surface area contributed by atoms with Gasteiger partial charge in [-0.15, -0.1) is 0 Å². The normalized spacial score (nSPS) is 31.0. The van der Waals surface area contributed by atoms with Crippen molar-refractivity contribution in [1.82, 2.24) is 10.2 Å². The number of carbonyl (C=O) groups excluding carboxylic acids is 1. The van der Waals surface area contributed by atoms with Gasteiger partial charge in [-0.2, -0.15) is 0 Å². The molecule has 1 saturated heterocycles. The van der Waals surface area contributed by atoms with Crippen molar-refractivity contribution in [1.29, 1.82) is 0 Å². The molecule has 0 aromatic heterocycles. The molecular formula is C17H25N3O. The molecule has 2 aliphatic rings. The first-order valence-corrected chi connectivity index (χ1v) is 8.06. The largest absolute Gasteiger partial charge is 0.368 e. The number of carbonyl (C=O) groups is 1. The van der Waals surface area contributed by atoms with Gasteiger partial charge in [-0.1, -0.05) is 43.2 Å². The summed E-state index contributed by atoms with van der Waals surface area (Å²) < 4.78 is 0. The van der Waals surface area contributed by atoms with Crippen molar-refractivity contribution in [2.75, 3.05) is 26.2 Å². The SMILES string of the molecule is NC(=O)C1(N2CCNCC2)CCCCC1c1ccccc1. The Hall–Kier alpha value is -1.39. The Kier molecular flexibility index (Phi) is 4.27. The Morgan fingerprint density at radius 2 is 1.90 bits per heavy atom. The molecule has 1 heterocycles. The van der Waals surface area contributed by atoms with Crippen molar-refractivity contribution in [3.8, 4) is 0 Å². The van der Waals surface area contributed by atoms with Gasteiger partial charge in [-0.25, -0.2) is 0 Å². The van der Waals surface area contributed by atoms with Crippen LogP contribution in [-0.2, 0) is 4.79 Å². The number of amides is 1. The number of hydrogen-bond donors (Lipinski definition) is 2. The monoisotopic (exact) mass is 287 g/mol. The van der Waals surface area contributed by atoms with Crippen LogP contribution in [0.1, 0.15) is 37.2 Å². The third-order valence-corrected chi connectivity index (χ3v) is 5.19. The third-order valence-electron chi connectivity index (χ3n) is 5.19. The molecule has 21 heavy (non-hydrogen) atoms. The molecule has 0 bridgehead atoms. The summed E-state index contributed by atoms with van der Waals surface area (Å²) in [6.45, 7) is 3.70. The standard InChI is InChI=1S/C17H25N3O/c18-16(21)17(20-12-10-19-11-13-20)9-5-4-8-15(17)14-6-2-1-3-7-14/h1-3,6-7,15,19H,4-5,8-13H2,(H2,18,21). The van der Waals surface area contributed by atoms with Crippen LogP contribution in [0.5, 0.6) is 0 Å². The summed E-state index contributed by atoms with van der Waals surface area (Å²) >= 11 is 0. The number of benzene rings is 1. The second kappa shape index (κ2) is 6.16. The van der Waals surface area contributed by atoms with E-state index in [1.165, 1.54) is 12.0 Å². The van der Waals surface area contributed by atoms with E-state index in [1.54, 1.807) is 0 Å². The number of piperazine rings is 1. The van der Waals surface area contributed by atoms with E-state index in [9.17, 15) is 4.79 Å². The van der Waals surface area contributed by atoms with Crippen LogP contribution in [0, 0.1) is 0 Å². The van der Waals surface area contributed by atoms with Crippen LogP contribution in [0.4, 0.5) is 0 Å². The lowest BCUT2D eigenvalue weighted by molar-refractivity contribution is -0.135. The molecule has 1 aliphatic carbocycles. The van der Waals surface area contributed by atoms with Gasteiger partial charge in [0.05, 0.1) is 0 Å². The number of nitrogens with one attached hydrogen (secondary N) is 1. The van der Waals surface area contributed by atoms with Crippen molar-refractivity contribution in [2.24, 2.45) is 5.73 Å². The Bertz CT molecular complexity index is 484. The number of nitrogens with zero attached hydrogens (tertiary/aromatic N) is 1.